The van der Waals surface area contributed by atoms with E-state index in [1.807, 2.05) is 24.3 Å². The molecule has 144 valence electrons. The van der Waals surface area contributed by atoms with Crippen LogP contribution in [-0.2, 0) is 22.4 Å². The molecule has 0 saturated heterocycles. The van der Waals surface area contributed by atoms with Crippen LogP contribution in [0.25, 0.3) is 0 Å². The van der Waals surface area contributed by atoms with E-state index in [9.17, 15) is 14.0 Å². The van der Waals surface area contributed by atoms with Crippen molar-refractivity contribution >= 4 is 23.4 Å². The fourth-order valence-electron chi connectivity index (χ4n) is 2.70. The van der Waals surface area contributed by atoms with Gasteiger partial charge in [0, 0.05) is 38.0 Å². The van der Waals surface area contributed by atoms with Crippen molar-refractivity contribution in [1.82, 2.24) is 10.2 Å². The molecule has 0 atom stereocenters. The molecule has 6 heteroatoms. The number of nitrogens with zero attached hydrogens (tertiary/aromatic N) is 1. The predicted octanol–water partition coefficient (Wildman–Crippen LogP) is 3.62. The molecular weight excluding hydrogens is 367 g/mol. The first kappa shape index (κ1) is 20.9. The number of hydrogen-bond donors (Lipinski definition) is 1. The summed E-state index contributed by atoms with van der Waals surface area (Å²) in [5, 5.41) is 3.45. The SMILES string of the molecule is CC(=O)N(CCC(=O)NCCc1ccccc1F)CCc1ccc(Cl)cc1. The zero-order valence-electron chi connectivity index (χ0n) is 15.4. The summed E-state index contributed by atoms with van der Waals surface area (Å²) in [4.78, 5) is 25.5. The van der Waals surface area contributed by atoms with E-state index in [0.29, 0.717) is 43.1 Å². The van der Waals surface area contributed by atoms with Gasteiger partial charge >= 0.3 is 0 Å². The molecule has 0 spiro atoms. The van der Waals surface area contributed by atoms with Gasteiger partial charge in [-0.2, -0.15) is 0 Å². The van der Waals surface area contributed by atoms with E-state index in [1.54, 1.807) is 23.1 Å². The molecule has 0 aliphatic carbocycles. The normalized spacial score (nSPS) is 10.5. The summed E-state index contributed by atoms with van der Waals surface area (Å²) in [6, 6.07) is 14.0. The van der Waals surface area contributed by atoms with Crippen LogP contribution in [0.3, 0.4) is 0 Å². The summed E-state index contributed by atoms with van der Waals surface area (Å²) in [7, 11) is 0. The Labute approximate surface area is 164 Å². The monoisotopic (exact) mass is 390 g/mol. The molecule has 2 amide bonds. The number of halogens is 2. The van der Waals surface area contributed by atoms with E-state index < -0.39 is 0 Å². The van der Waals surface area contributed by atoms with E-state index in [1.165, 1.54) is 13.0 Å². The number of carbonyl (C=O) groups excluding carboxylic acids is 2. The number of rotatable bonds is 9. The molecule has 2 aromatic carbocycles. The molecule has 27 heavy (non-hydrogen) atoms. The van der Waals surface area contributed by atoms with Gasteiger partial charge in [-0.05, 0) is 42.2 Å². The summed E-state index contributed by atoms with van der Waals surface area (Å²) >= 11 is 5.87. The van der Waals surface area contributed by atoms with Crippen molar-refractivity contribution in [3.8, 4) is 0 Å². The third kappa shape index (κ3) is 7.39. The van der Waals surface area contributed by atoms with Crippen molar-refractivity contribution in [3.05, 3.63) is 70.5 Å². The molecule has 0 unspecified atom stereocenters. The molecule has 0 bridgehead atoms. The average Bonchev–Trinajstić information content (AvgIpc) is 2.64. The second-order valence-electron chi connectivity index (χ2n) is 6.32. The molecule has 2 rings (SSSR count). The topological polar surface area (TPSA) is 49.4 Å². The van der Waals surface area contributed by atoms with Crippen LogP contribution < -0.4 is 5.32 Å². The average molecular weight is 391 g/mol. The highest BCUT2D eigenvalue weighted by Crippen LogP contribution is 2.10. The highest BCUT2D eigenvalue weighted by Gasteiger charge is 2.11. The van der Waals surface area contributed by atoms with Crippen molar-refractivity contribution in [2.45, 2.75) is 26.2 Å². The van der Waals surface area contributed by atoms with Crippen LogP contribution in [0.2, 0.25) is 5.02 Å². The minimum absolute atomic E-state index is 0.0666. The largest absolute Gasteiger partial charge is 0.356 e. The number of hydrogen-bond acceptors (Lipinski definition) is 2. The van der Waals surface area contributed by atoms with E-state index >= 15 is 0 Å². The van der Waals surface area contributed by atoms with Crippen LogP contribution in [-0.4, -0.2) is 36.3 Å². The van der Waals surface area contributed by atoms with Crippen molar-refractivity contribution in [2.24, 2.45) is 0 Å². The molecule has 0 aliphatic heterocycles. The lowest BCUT2D eigenvalue weighted by Gasteiger charge is -2.21. The minimum Gasteiger partial charge on any atom is -0.356 e. The Morgan fingerprint density at radius 2 is 1.74 bits per heavy atom. The van der Waals surface area contributed by atoms with Crippen LogP contribution in [0, 0.1) is 5.82 Å². The highest BCUT2D eigenvalue weighted by molar-refractivity contribution is 6.30. The van der Waals surface area contributed by atoms with Crippen LogP contribution in [0.15, 0.2) is 48.5 Å². The number of amides is 2. The smallest absolute Gasteiger partial charge is 0.221 e. The molecule has 1 N–H and O–H groups in total. The van der Waals surface area contributed by atoms with E-state index in [0.717, 1.165) is 5.56 Å². The first-order valence-electron chi connectivity index (χ1n) is 8.96. The molecule has 2 aromatic rings. The third-order valence-corrected chi connectivity index (χ3v) is 4.56. The number of carbonyl (C=O) groups is 2. The first-order valence-corrected chi connectivity index (χ1v) is 9.33. The Bertz CT molecular complexity index is 765. The van der Waals surface area contributed by atoms with E-state index in [-0.39, 0.29) is 24.1 Å². The zero-order chi connectivity index (χ0) is 19.6. The molecule has 0 fully saturated rings. The first-order chi connectivity index (χ1) is 13.0. The molecule has 0 heterocycles. The van der Waals surface area contributed by atoms with E-state index in [2.05, 4.69) is 5.32 Å². The molecule has 0 radical (unpaired) electrons. The highest BCUT2D eigenvalue weighted by atomic mass is 35.5. The second kappa shape index (κ2) is 10.7. The zero-order valence-corrected chi connectivity index (χ0v) is 16.1. The minimum atomic E-state index is -0.267. The van der Waals surface area contributed by atoms with Crippen LogP contribution in [0.1, 0.15) is 24.5 Å². The summed E-state index contributed by atoms with van der Waals surface area (Å²) in [6.45, 7) is 2.76. The second-order valence-corrected chi connectivity index (χ2v) is 6.76. The Morgan fingerprint density at radius 1 is 1.04 bits per heavy atom. The maximum atomic E-state index is 13.5. The Balaban J connectivity index is 1.72. The molecule has 4 nitrogen and oxygen atoms in total. The summed E-state index contributed by atoms with van der Waals surface area (Å²) in [5.41, 5.74) is 1.66. The third-order valence-electron chi connectivity index (χ3n) is 4.31. The van der Waals surface area contributed by atoms with Gasteiger partial charge < -0.3 is 10.2 Å². The standard InChI is InChI=1S/C21H24ClFN2O2/c1-16(26)25(14-11-17-6-8-19(22)9-7-17)15-12-21(27)24-13-10-18-4-2-3-5-20(18)23/h2-9H,10-15H2,1H3,(H,24,27). The van der Waals surface area contributed by atoms with Gasteiger partial charge in [-0.3, -0.25) is 9.59 Å². The van der Waals surface area contributed by atoms with Crippen molar-refractivity contribution in [2.75, 3.05) is 19.6 Å². The summed E-state index contributed by atoms with van der Waals surface area (Å²) in [6.07, 6.45) is 1.36. The van der Waals surface area contributed by atoms with Gasteiger partial charge in [-0.25, -0.2) is 4.39 Å². The Morgan fingerprint density at radius 3 is 2.41 bits per heavy atom. The number of benzene rings is 2. The lowest BCUT2D eigenvalue weighted by molar-refractivity contribution is -0.129. The van der Waals surface area contributed by atoms with Gasteiger partial charge in [0.1, 0.15) is 5.82 Å². The molecule has 0 aliphatic rings. The van der Waals surface area contributed by atoms with Gasteiger partial charge in [-0.15, -0.1) is 0 Å². The molecule has 0 aromatic heterocycles. The van der Waals surface area contributed by atoms with E-state index in [4.69, 9.17) is 11.6 Å². The summed E-state index contributed by atoms with van der Waals surface area (Å²) in [5.74, 6) is -0.482. The number of nitrogens with one attached hydrogen (secondary N) is 1. The quantitative estimate of drug-likeness (QED) is 0.711. The van der Waals surface area contributed by atoms with Gasteiger partial charge in [0.15, 0.2) is 0 Å². The maximum Gasteiger partial charge on any atom is 0.221 e. The van der Waals surface area contributed by atoms with Gasteiger partial charge in [0.2, 0.25) is 11.8 Å². The van der Waals surface area contributed by atoms with Crippen LogP contribution >= 0.6 is 11.6 Å². The maximum absolute atomic E-state index is 13.5. The summed E-state index contributed by atoms with van der Waals surface area (Å²) < 4.78 is 13.5. The predicted molar refractivity (Wildman–Crippen MR) is 105 cm³/mol. The van der Waals surface area contributed by atoms with Crippen molar-refractivity contribution < 1.29 is 14.0 Å². The van der Waals surface area contributed by atoms with Crippen molar-refractivity contribution in [3.63, 3.8) is 0 Å². The van der Waals surface area contributed by atoms with Crippen LogP contribution in [0.4, 0.5) is 4.39 Å². The Hall–Kier alpha value is -2.40. The van der Waals surface area contributed by atoms with Gasteiger partial charge in [0.25, 0.3) is 0 Å². The lowest BCUT2D eigenvalue weighted by atomic mass is 10.1. The van der Waals surface area contributed by atoms with Gasteiger partial charge in [-0.1, -0.05) is 41.9 Å². The van der Waals surface area contributed by atoms with Gasteiger partial charge in [0.05, 0.1) is 0 Å². The fourth-order valence-corrected chi connectivity index (χ4v) is 2.83. The van der Waals surface area contributed by atoms with Crippen molar-refractivity contribution in [1.29, 1.82) is 0 Å². The Kier molecular flexibility index (Phi) is 8.27. The molecular formula is C21H24ClFN2O2. The molecule has 0 saturated carbocycles. The lowest BCUT2D eigenvalue weighted by Crippen LogP contribution is -2.35. The fraction of sp³-hybridized carbons (Fsp3) is 0.333. The van der Waals surface area contributed by atoms with Crippen LogP contribution in [0.5, 0.6) is 0 Å².